The molecule has 2 aliphatic carbocycles. The van der Waals surface area contributed by atoms with Gasteiger partial charge in [-0.15, -0.1) is 22.7 Å². The number of ether oxygens (including phenoxy) is 2. The predicted molar refractivity (Wildman–Crippen MR) is 223 cm³/mol. The third-order valence-electron chi connectivity index (χ3n) is 11.0. The summed E-state index contributed by atoms with van der Waals surface area (Å²) in [5.74, 6) is -1.68. The molecule has 0 spiro atoms. The number of nitro benzene ring substituents is 2. The van der Waals surface area contributed by atoms with E-state index in [-0.39, 0.29) is 67.3 Å². The maximum atomic E-state index is 14.4. The summed E-state index contributed by atoms with van der Waals surface area (Å²) in [6.07, 6.45) is 3.24. The lowest BCUT2D eigenvalue weighted by molar-refractivity contribution is -0.385. The van der Waals surface area contributed by atoms with Crippen LogP contribution in [0.4, 0.5) is 11.4 Å². The van der Waals surface area contributed by atoms with Gasteiger partial charge in [-0.3, -0.25) is 39.4 Å². The van der Waals surface area contributed by atoms with Gasteiger partial charge >= 0.3 is 11.9 Å². The molecule has 60 heavy (non-hydrogen) atoms. The summed E-state index contributed by atoms with van der Waals surface area (Å²) in [6.45, 7) is 3.10. The number of hydrogen-bond acceptors (Lipinski definition) is 14. The molecule has 0 radical (unpaired) electrons. The van der Waals surface area contributed by atoms with Crippen LogP contribution in [0.1, 0.15) is 68.3 Å². The second kappa shape index (κ2) is 14.4. The number of non-ortho nitro benzene ring substituents is 2. The van der Waals surface area contributed by atoms with E-state index in [1.807, 2.05) is 0 Å². The molecule has 302 valence electrons. The van der Waals surface area contributed by atoms with Gasteiger partial charge in [-0.25, -0.2) is 18.7 Å². The Hall–Kier alpha value is -6.92. The van der Waals surface area contributed by atoms with Gasteiger partial charge in [-0.2, -0.15) is 0 Å². The molecule has 18 heteroatoms. The van der Waals surface area contributed by atoms with Gasteiger partial charge in [0.1, 0.15) is 21.1 Å². The van der Waals surface area contributed by atoms with Crippen LogP contribution >= 0.6 is 22.7 Å². The fourth-order valence-corrected chi connectivity index (χ4v) is 11.1. The SMILES string of the molecule is CCOC(=O)c1c(-n2c(=O)c3cc4c(=O)n(-c5sc6c(c5C(=O)OCC)-c5cc([N+](=O)[O-])ccc5CCC6)c(=O)c4cc3c2=O)sc2c1-c1cc([N+](=O)[O-])ccc1CCC2. The summed E-state index contributed by atoms with van der Waals surface area (Å²) in [5, 5.41) is 22.7. The van der Waals surface area contributed by atoms with Gasteiger partial charge in [-0.1, -0.05) is 12.1 Å². The van der Waals surface area contributed by atoms with Crippen LogP contribution in [0.15, 0.2) is 67.7 Å². The Morgan fingerprint density at radius 1 is 0.600 bits per heavy atom. The number of rotatable bonds is 8. The van der Waals surface area contributed by atoms with Crippen molar-refractivity contribution >= 4 is 67.5 Å². The normalized spacial score (nSPS) is 13.2. The molecule has 0 fully saturated rings. The molecule has 0 amide bonds. The Balaban J connectivity index is 1.27. The number of aryl methyl sites for hydroxylation is 4. The van der Waals surface area contributed by atoms with Crippen molar-refractivity contribution in [3.63, 3.8) is 0 Å². The van der Waals surface area contributed by atoms with E-state index < -0.39 is 44.0 Å². The molecule has 4 aromatic heterocycles. The molecular weight excluding hydrogens is 817 g/mol. The number of aromatic nitrogens is 2. The van der Waals surface area contributed by atoms with Crippen LogP contribution in [0, 0.1) is 20.2 Å². The minimum absolute atomic E-state index is 0.0439. The van der Waals surface area contributed by atoms with Crippen LogP contribution in [-0.4, -0.2) is 44.1 Å². The molecule has 0 N–H and O–H groups in total. The highest BCUT2D eigenvalue weighted by Crippen LogP contribution is 2.46. The lowest BCUT2D eigenvalue weighted by atomic mass is 9.96. The van der Waals surface area contributed by atoms with Crippen molar-refractivity contribution in [3.05, 3.63) is 142 Å². The van der Waals surface area contributed by atoms with Gasteiger partial charge in [0.25, 0.3) is 33.6 Å². The molecule has 3 aromatic carbocycles. The molecule has 0 aliphatic heterocycles. The van der Waals surface area contributed by atoms with Crippen LogP contribution < -0.4 is 22.2 Å². The van der Waals surface area contributed by atoms with Gasteiger partial charge in [-0.05, 0) is 86.8 Å². The number of benzene rings is 3. The fourth-order valence-electron chi connectivity index (χ4n) is 8.43. The molecule has 0 unspecified atom stereocenters. The van der Waals surface area contributed by atoms with Crippen LogP contribution in [0.3, 0.4) is 0 Å². The van der Waals surface area contributed by atoms with E-state index in [2.05, 4.69) is 0 Å². The molecule has 0 atom stereocenters. The smallest absolute Gasteiger partial charge is 0.341 e. The first-order valence-corrected chi connectivity index (χ1v) is 20.6. The molecule has 0 bridgehead atoms. The summed E-state index contributed by atoms with van der Waals surface area (Å²) < 4.78 is 12.5. The number of carbonyl (C=O) groups excluding carboxylic acids is 2. The highest BCUT2D eigenvalue weighted by molar-refractivity contribution is 7.16. The summed E-state index contributed by atoms with van der Waals surface area (Å²) in [6, 6.07) is 11.1. The molecule has 7 aromatic rings. The van der Waals surface area contributed by atoms with Crippen LogP contribution in [0.5, 0.6) is 0 Å². The van der Waals surface area contributed by atoms with Gasteiger partial charge in [0.2, 0.25) is 0 Å². The minimum Gasteiger partial charge on any atom is -0.462 e. The maximum absolute atomic E-state index is 14.4. The number of thiophene rings is 2. The van der Waals surface area contributed by atoms with E-state index in [9.17, 15) is 49.0 Å². The van der Waals surface area contributed by atoms with Crippen molar-refractivity contribution in [2.45, 2.75) is 52.4 Å². The Kier molecular flexibility index (Phi) is 9.27. The highest BCUT2D eigenvalue weighted by Gasteiger charge is 2.35. The third-order valence-corrected chi connectivity index (χ3v) is 13.5. The van der Waals surface area contributed by atoms with Crippen molar-refractivity contribution in [3.8, 4) is 32.3 Å². The summed E-state index contributed by atoms with van der Waals surface area (Å²) >= 11 is 2.04. The van der Waals surface area contributed by atoms with Crippen molar-refractivity contribution in [2.75, 3.05) is 13.2 Å². The number of carbonyl (C=O) groups is 2. The Labute approximate surface area is 344 Å². The van der Waals surface area contributed by atoms with Crippen molar-refractivity contribution < 1.29 is 28.9 Å². The zero-order valence-electron chi connectivity index (χ0n) is 31.8. The standard InChI is InChI=1S/C42H30N4O12S2/c1-3-57-41(51)33-31-23-15-21(45(53)54)13-11-19(23)7-5-9-29(31)59-39(33)43-35(47)25-17-27-28(18-26(25)36(43)48)38(50)44(37(27)49)40-34(42(52)58-4-2)32-24-16-22(46(55)56)14-12-20(24)8-6-10-30(32)60-40/h11-18H,3-10H2,1-2H3. The molecule has 2 aliphatic rings. The quantitative estimate of drug-likeness (QED) is 0.0910. The Bertz CT molecular complexity index is 3000. The lowest BCUT2D eigenvalue weighted by Gasteiger charge is -2.10. The number of nitro groups is 2. The first kappa shape index (κ1) is 38.6. The highest BCUT2D eigenvalue weighted by atomic mass is 32.1. The van der Waals surface area contributed by atoms with E-state index in [4.69, 9.17) is 9.47 Å². The Morgan fingerprint density at radius 2 is 0.967 bits per heavy atom. The monoisotopic (exact) mass is 846 g/mol. The third kappa shape index (κ3) is 5.76. The van der Waals surface area contributed by atoms with Crippen LogP contribution in [-0.2, 0) is 35.2 Å². The van der Waals surface area contributed by atoms with E-state index in [1.54, 1.807) is 26.0 Å². The van der Waals surface area contributed by atoms with Crippen molar-refractivity contribution in [1.29, 1.82) is 0 Å². The van der Waals surface area contributed by atoms with Gasteiger partial charge < -0.3 is 9.47 Å². The van der Waals surface area contributed by atoms with E-state index in [0.717, 1.165) is 55.1 Å². The first-order valence-electron chi connectivity index (χ1n) is 19.0. The van der Waals surface area contributed by atoms with E-state index >= 15 is 0 Å². The maximum Gasteiger partial charge on any atom is 0.341 e. The molecule has 16 nitrogen and oxygen atoms in total. The number of esters is 2. The summed E-state index contributed by atoms with van der Waals surface area (Å²) in [4.78, 5) is 109. The van der Waals surface area contributed by atoms with Crippen LogP contribution in [0.2, 0.25) is 0 Å². The number of hydrogen-bond donors (Lipinski definition) is 0. The second-order valence-electron chi connectivity index (χ2n) is 14.3. The summed E-state index contributed by atoms with van der Waals surface area (Å²) in [7, 11) is 0. The summed E-state index contributed by atoms with van der Waals surface area (Å²) in [5.41, 5.74) is -1.08. The topological polar surface area (TPSA) is 217 Å². The van der Waals surface area contributed by atoms with Crippen LogP contribution in [0.25, 0.3) is 53.8 Å². The number of nitrogens with zero attached hydrogens (tertiary/aromatic N) is 4. The first-order chi connectivity index (χ1) is 28.8. The molecule has 9 rings (SSSR count). The largest absolute Gasteiger partial charge is 0.462 e. The average Bonchev–Trinajstić information content (AvgIpc) is 3.84. The van der Waals surface area contributed by atoms with Gasteiger partial charge in [0.15, 0.2) is 0 Å². The Morgan fingerprint density at radius 3 is 1.30 bits per heavy atom. The zero-order chi connectivity index (χ0) is 42.3. The van der Waals surface area contributed by atoms with Crippen molar-refractivity contribution in [2.24, 2.45) is 0 Å². The molecular formula is C42H30N4O12S2. The van der Waals surface area contributed by atoms with Gasteiger partial charge in [0, 0.05) is 45.1 Å². The molecule has 4 heterocycles. The molecule has 0 saturated carbocycles. The lowest BCUT2D eigenvalue weighted by Crippen LogP contribution is -2.25. The van der Waals surface area contributed by atoms with E-state index in [1.165, 1.54) is 24.3 Å². The van der Waals surface area contributed by atoms with Crippen molar-refractivity contribution in [1.82, 2.24) is 9.13 Å². The van der Waals surface area contributed by atoms with E-state index in [0.29, 0.717) is 70.5 Å². The predicted octanol–water partition coefficient (Wildman–Crippen LogP) is 6.50. The zero-order valence-corrected chi connectivity index (χ0v) is 33.4. The molecule has 0 saturated heterocycles. The number of fused-ring (bicyclic) bond motifs is 8. The second-order valence-corrected chi connectivity index (χ2v) is 16.5. The average molecular weight is 847 g/mol. The fraction of sp³-hybridized carbons (Fsp3) is 0.238. The minimum atomic E-state index is -0.869. The van der Waals surface area contributed by atoms with Gasteiger partial charge in [0.05, 0.1) is 44.6 Å².